The quantitative estimate of drug-likeness (QED) is 0.749. The number of amides is 2. The monoisotopic (exact) mass is 357 g/mol. The first-order valence-electron chi connectivity index (χ1n) is 8.91. The van der Waals surface area contributed by atoms with Gasteiger partial charge in [0, 0.05) is 25.3 Å². The van der Waals surface area contributed by atoms with Crippen molar-refractivity contribution in [2.45, 2.75) is 6.42 Å². The maximum atomic E-state index is 12.8. The zero-order chi connectivity index (χ0) is 18.2. The standard InChI is InChI=1S/C20H24FN3O2/c21-17-6-8-19(9-7-17)26-13-11-22-20(25)23-14-16-10-12-24(15-16)18-4-2-1-3-5-18/h1-9,16H,10-15H2,(H2,22,23,25). The molecule has 5 nitrogen and oxygen atoms in total. The van der Waals surface area contributed by atoms with Crippen molar-refractivity contribution in [2.24, 2.45) is 5.92 Å². The largest absolute Gasteiger partial charge is 0.492 e. The van der Waals surface area contributed by atoms with Gasteiger partial charge in [0.2, 0.25) is 0 Å². The molecule has 1 aliphatic heterocycles. The summed E-state index contributed by atoms with van der Waals surface area (Å²) in [5.41, 5.74) is 1.23. The van der Waals surface area contributed by atoms with Crippen LogP contribution in [0.3, 0.4) is 0 Å². The normalized spacial score (nSPS) is 16.3. The minimum absolute atomic E-state index is 0.189. The Hall–Kier alpha value is -2.76. The van der Waals surface area contributed by atoms with Gasteiger partial charge in [0.1, 0.15) is 18.2 Å². The van der Waals surface area contributed by atoms with E-state index in [2.05, 4.69) is 27.7 Å². The average Bonchev–Trinajstić information content (AvgIpc) is 3.15. The number of carbonyl (C=O) groups is 1. The molecule has 2 amide bonds. The molecule has 26 heavy (non-hydrogen) atoms. The lowest BCUT2D eigenvalue weighted by Gasteiger charge is -2.18. The maximum Gasteiger partial charge on any atom is 0.314 e. The van der Waals surface area contributed by atoms with Crippen molar-refractivity contribution in [3.63, 3.8) is 0 Å². The van der Waals surface area contributed by atoms with E-state index in [4.69, 9.17) is 4.74 Å². The van der Waals surface area contributed by atoms with Gasteiger partial charge in [-0.1, -0.05) is 18.2 Å². The van der Waals surface area contributed by atoms with Crippen LogP contribution in [-0.2, 0) is 0 Å². The minimum atomic E-state index is -0.299. The molecule has 0 bridgehead atoms. The van der Waals surface area contributed by atoms with Crippen LogP contribution in [0.15, 0.2) is 54.6 Å². The second-order valence-corrected chi connectivity index (χ2v) is 6.38. The van der Waals surface area contributed by atoms with Gasteiger partial charge in [-0.2, -0.15) is 0 Å². The summed E-state index contributed by atoms with van der Waals surface area (Å²) >= 11 is 0. The van der Waals surface area contributed by atoms with Crippen molar-refractivity contribution in [3.05, 3.63) is 60.4 Å². The highest BCUT2D eigenvalue weighted by Crippen LogP contribution is 2.22. The van der Waals surface area contributed by atoms with Gasteiger partial charge in [-0.05, 0) is 48.7 Å². The lowest BCUT2D eigenvalue weighted by atomic mass is 10.1. The molecule has 0 spiro atoms. The number of hydrogen-bond acceptors (Lipinski definition) is 3. The SMILES string of the molecule is O=C(NCCOc1ccc(F)cc1)NCC1CCN(c2ccccc2)C1. The fourth-order valence-electron chi connectivity index (χ4n) is 3.04. The molecule has 0 aromatic heterocycles. The van der Waals surface area contributed by atoms with Crippen LogP contribution in [-0.4, -0.2) is 38.8 Å². The van der Waals surface area contributed by atoms with E-state index >= 15 is 0 Å². The van der Waals surface area contributed by atoms with Gasteiger partial charge in [-0.3, -0.25) is 0 Å². The summed E-state index contributed by atoms with van der Waals surface area (Å²) in [6.45, 7) is 3.36. The second-order valence-electron chi connectivity index (χ2n) is 6.38. The molecule has 0 saturated carbocycles. The van der Waals surface area contributed by atoms with Crippen molar-refractivity contribution >= 4 is 11.7 Å². The number of anilines is 1. The number of carbonyl (C=O) groups excluding carboxylic acids is 1. The van der Waals surface area contributed by atoms with Gasteiger partial charge < -0.3 is 20.3 Å². The van der Waals surface area contributed by atoms with Gasteiger partial charge in [0.15, 0.2) is 0 Å². The Balaban J connectivity index is 1.29. The molecule has 1 aliphatic rings. The second kappa shape index (κ2) is 9.08. The van der Waals surface area contributed by atoms with Crippen molar-refractivity contribution < 1.29 is 13.9 Å². The van der Waals surface area contributed by atoms with E-state index in [0.717, 1.165) is 19.5 Å². The van der Waals surface area contributed by atoms with Crippen LogP contribution in [0.4, 0.5) is 14.9 Å². The number of nitrogens with one attached hydrogen (secondary N) is 2. The third-order valence-electron chi connectivity index (χ3n) is 4.43. The Morgan fingerprint density at radius 1 is 1.12 bits per heavy atom. The summed E-state index contributed by atoms with van der Waals surface area (Å²) < 4.78 is 18.2. The van der Waals surface area contributed by atoms with Gasteiger partial charge in [0.25, 0.3) is 0 Å². The number of benzene rings is 2. The molecule has 1 saturated heterocycles. The molecule has 1 fully saturated rings. The number of para-hydroxylation sites is 1. The van der Waals surface area contributed by atoms with Gasteiger partial charge in [-0.25, -0.2) is 9.18 Å². The van der Waals surface area contributed by atoms with E-state index in [1.165, 1.54) is 17.8 Å². The fourth-order valence-corrected chi connectivity index (χ4v) is 3.04. The van der Waals surface area contributed by atoms with Gasteiger partial charge in [-0.15, -0.1) is 0 Å². The van der Waals surface area contributed by atoms with Crippen LogP contribution >= 0.6 is 0 Å². The summed E-state index contributed by atoms with van der Waals surface area (Å²) in [5.74, 6) is 0.740. The van der Waals surface area contributed by atoms with E-state index in [1.807, 2.05) is 18.2 Å². The lowest BCUT2D eigenvalue weighted by molar-refractivity contribution is 0.235. The zero-order valence-electron chi connectivity index (χ0n) is 14.7. The van der Waals surface area contributed by atoms with E-state index < -0.39 is 0 Å². The van der Waals surface area contributed by atoms with E-state index in [-0.39, 0.29) is 11.8 Å². The molecule has 6 heteroatoms. The van der Waals surface area contributed by atoms with Crippen LogP contribution in [0.2, 0.25) is 0 Å². The molecular weight excluding hydrogens is 333 g/mol. The molecule has 0 radical (unpaired) electrons. The highest BCUT2D eigenvalue weighted by Gasteiger charge is 2.22. The number of hydrogen-bond donors (Lipinski definition) is 2. The Bertz CT molecular complexity index is 694. The highest BCUT2D eigenvalue weighted by atomic mass is 19.1. The molecule has 1 unspecified atom stereocenters. The molecule has 2 aromatic carbocycles. The Morgan fingerprint density at radius 2 is 1.88 bits per heavy atom. The number of halogens is 1. The van der Waals surface area contributed by atoms with E-state index in [0.29, 0.717) is 31.4 Å². The predicted molar refractivity (Wildman–Crippen MR) is 100 cm³/mol. The summed E-state index contributed by atoms with van der Waals surface area (Å²) in [7, 11) is 0. The summed E-state index contributed by atoms with van der Waals surface area (Å²) in [6, 6.07) is 16.0. The van der Waals surface area contributed by atoms with E-state index in [1.54, 1.807) is 12.1 Å². The molecule has 2 N–H and O–H groups in total. The van der Waals surface area contributed by atoms with Crippen molar-refractivity contribution in [1.29, 1.82) is 0 Å². The van der Waals surface area contributed by atoms with Crippen LogP contribution < -0.4 is 20.3 Å². The molecule has 1 heterocycles. The number of rotatable bonds is 7. The first-order chi connectivity index (χ1) is 12.7. The van der Waals surface area contributed by atoms with Crippen molar-refractivity contribution in [2.75, 3.05) is 37.7 Å². The molecule has 3 rings (SSSR count). The highest BCUT2D eigenvalue weighted by molar-refractivity contribution is 5.73. The Labute approximate surface area is 153 Å². The lowest BCUT2D eigenvalue weighted by Crippen LogP contribution is -2.40. The summed E-state index contributed by atoms with van der Waals surface area (Å²) in [5, 5.41) is 5.69. The molecule has 2 aromatic rings. The number of urea groups is 1. The Morgan fingerprint density at radius 3 is 2.65 bits per heavy atom. The predicted octanol–water partition coefficient (Wildman–Crippen LogP) is 3.03. The van der Waals surface area contributed by atoms with Crippen LogP contribution in [0.1, 0.15) is 6.42 Å². The third kappa shape index (κ3) is 5.37. The first kappa shape index (κ1) is 18.0. The first-order valence-corrected chi connectivity index (χ1v) is 8.91. The van der Waals surface area contributed by atoms with Crippen molar-refractivity contribution in [1.82, 2.24) is 10.6 Å². The van der Waals surface area contributed by atoms with Gasteiger partial charge >= 0.3 is 6.03 Å². The van der Waals surface area contributed by atoms with E-state index in [9.17, 15) is 9.18 Å². The zero-order valence-corrected chi connectivity index (χ0v) is 14.7. The smallest absolute Gasteiger partial charge is 0.314 e. The van der Waals surface area contributed by atoms with Gasteiger partial charge in [0.05, 0.1) is 6.54 Å². The van der Waals surface area contributed by atoms with Crippen LogP contribution in [0.25, 0.3) is 0 Å². The topological polar surface area (TPSA) is 53.6 Å². The third-order valence-corrected chi connectivity index (χ3v) is 4.43. The summed E-state index contributed by atoms with van der Waals surface area (Å²) in [6.07, 6.45) is 1.07. The average molecular weight is 357 g/mol. The summed E-state index contributed by atoms with van der Waals surface area (Å²) in [4.78, 5) is 14.2. The van der Waals surface area contributed by atoms with Crippen LogP contribution in [0, 0.1) is 11.7 Å². The minimum Gasteiger partial charge on any atom is -0.492 e. The molecular formula is C20H24FN3O2. The Kier molecular flexibility index (Phi) is 6.30. The molecule has 1 atom stereocenters. The van der Waals surface area contributed by atoms with Crippen molar-refractivity contribution in [3.8, 4) is 5.75 Å². The number of ether oxygens (including phenoxy) is 1. The fraction of sp³-hybridized carbons (Fsp3) is 0.350. The van der Waals surface area contributed by atoms with Crippen LogP contribution in [0.5, 0.6) is 5.75 Å². The number of nitrogens with zero attached hydrogens (tertiary/aromatic N) is 1. The molecule has 0 aliphatic carbocycles. The maximum absolute atomic E-state index is 12.8. The molecule has 138 valence electrons.